The molecule has 0 radical (unpaired) electrons. The molecular weight excluding hydrogens is 482 g/mol. The Hall–Kier alpha value is -3.09. The van der Waals surface area contributed by atoms with Crippen LogP contribution in [0, 0.1) is 6.92 Å². The summed E-state index contributed by atoms with van der Waals surface area (Å²) >= 11 is 1.56. The zero-order chi connectivity index (χ0) is 26.6. The summed E-state index contributed by atoms with van der Waals surface area (Å²) in [4.78, 5) is 25.0. The Bertz CT molecular complexity index is 1190. The minimum Gasteiger partial charge on any atom is -0.480 e. The molecule has 196 valence electrons. The highest BCUT2D eigenvalue weighted by molar-refractivity contribution is 7.98. The second-order valence-corrected chi connectivity index (χ2v) is 10.2. The largest absolute Gasteiger partial charge is 0.480 e. The number of nitrogens with one attached hydrogen (secondary N) is 1. The fraction of sp³-hybridized carbons (Fsp3) is 0.355. The van der Waals surface area contributed by atoms with Crippen molar-refractivity contribution in [1.29, 1.82) is 0 Å². The number of carboxylic acids is 1. The maximum Gasteiger partial charge on any atom is 0.326 e. The number of aliphatic carboxylic acids is 1. The smallest absolute Gasteiger partial charge is 0.326 e. The third-order valence-electron chi connectivity index (χ3n) is 6.42. The van der Waals surface area contributed by atoms with Crippen molar-refractivity contribution in [2.75, 3.05) is 12.0 Å². The molecule has 5 nitrogen and oxygen atoms in total. The van der Waals surface area contributed by atoms with Gasteiger partial charge in [0.2, 0.25) is 0 Å². The van der Waals surface area contributed by atoms with Crippen LogP contribution in [0.2, 0.25) is 0 Å². The van der Waals surface area contributed by atoms with Crippen LogP contribution in [0.25, 0.3) is 11.1 Å². The minimum absolute atomic E-state index is 0.369. The van der Waals surface area contributed by atoms with Gasteiger partial charge < -0.3 is 15.2 Å². The van der Waals surface area contributed by atoms with Crippen LogP contribution in [0.3, 0.4) is 0 Å². The van der Waals surface area contributed by atoms with Crippen LogP contribution in [0.4, 0.5) is 0 Å². The van der Waals surface area contributed by atoms with Gasteiger partial charge in [-0.3, -0.25) is 4.79 Å². The molecule has 3 aromatic carbocycles. The van der Waals surface area contributed by atoms with Gasteiger partial charge in [0.05, 0.1) is 13.2 Å². The Balaban J connectivity index is 1.82. The van der Waals surface area contributed by atoms with Crippen LogP contribution in [0.15, 0.2) is 66.7 Å². The number of carbonyl (C=O) groups excluding carboxylic acids is 1. The predicted molar refractivity (Wildman–Crippen MR) is 152 cm³/mol. The van der Waals surface area contributed by atoms with Gasteiger partial charge in [0.25, 0.3) is 5.91 Å². The maximum atomic E-state index is 13.2. The summed E-state index contributed by atoms with van der Waals surface area (Å²) in [5.74, 6) is -0.757. The molecule has 0 saturated carbocycles. The lowest BCUT2D eigenvalue weighted by Gasteiger charge is -2.18. The predicted octanol–water partition coefficient (Wildman–Crippen LogP) is 6.66. The topological polar surface area (TPSA) is 75.6 Å². The molecule has 0 aliphatic carbocycles. The van der Waals surface area contributed by atoms with Crippen molar-refractivity contribution >= 4 is 23.6 Å². The van der Waals surface area contributed by atoms with Crippen LogP contribution < -0.4 is 5.32 Å². The molecular formula is C31H37NO4S. The molecule has 6 heteroatoms. The molecule has 0 aliphatic heterocycles. The lowest BCUT2D eigenvalue weighted by molar-refractivity contribution is -0.139. The Morgan fingerprint density at radius 1 is 0.973 bits per heavy atom. The van der Waals surface area contributed by atoms with E-state index in [0.29, 0.717) is 31.0 Å². The molecule has 2 N–H and O–H groups in total. The average molecular weight is 520 g/mol. The maximum absolute atomic E-state index is 13.2. The number of aryl methyl sites for hydroxylation is 2. The van der Waals surface area contributed by atoms with E-state index in [-0.39, 0.29) is 5.91 Å². The summed E-state index contributed by atoms with van der Waals surface area (Å²) in [6, 6.07) is 21.0. The van der Waals surface area contributed by atoms with Gasteiger partial charge in [-0.05, 0) is 83.7 Å². The lowest BCUT2D eigenvalue weighted by Crippen LogP contribution is -2.41. The SMILES string of the molecule is CCCCc1ccccc1COCc1ccc(C(=O)N[C@@H](CCSC)C(=O)O)c(-c2ccccc2C)c1. The van der Waals surface area contributed by atoms with Crippen LogP contribution in [-0.2, 0) is 29.2 Å². The highest BCUT2D eigenvalue weighted by atomic mass is 32.2. The molecule has 3 aromatic rings. The van der Waals surface area contributed by atoms with Crippen molar-refractivity contribution in [2.24, 2.45) is 0 Å². The number of thioether (sulfide) groups is 1. The summed E-state index contributed by atoms with van der Waals surface area (Å²) in [6.07, 6.45) is 5.64. The first-order chi connectivity index (χ1) is 17.9. The van der Waals surface area contributed by atoms with E-state index in [2.05, 4.69) is 30.4 Å². The van der Waals surface area contributed by atoms with E-state index < -0.39 is 12.0 Å². The third-order valence-corrected chi connectivity index (χ3v) is 7.07. The quantitative estimate of drug-likeness (QED) is 0.249. The molecule has 0 aliphatic rings. The van der Waals surface area contributed by atoms with E-state index in [1.807, 2.05) is 55.6 Å². The van der Waals surface area contributed by atoms with Crippen molar-refractivity contribution < 1.29 is 19.4 Å². The molecule has 0 fully saturated rings. The Labute approximate surface area is 224 Å². The second-order valence-electron chi connectivity index (χ2n) is 9.21. The van der Waals surface area contributed by atoms with E-state index >= 15 is 0 Å². The van der Waals surface area contributed by atoms with Gasteiger partial charge in [0, 0.05) is 5.56 Å². The van der Waals surface area contributed by atoms with E-state index in [4.69, 9.17) is 4.74 Å². The zero-order valence-electron chi connectivity index (χ0n) is 22.0. The van der Waals surface area contributed by atoms with Gasteiger partial charge in [-0.1, -0.05) is 67.9 Å². The third kappa shape index (κ3) is 8.20. The van der Waals surface area contributed by atoms with E-state index in [1.165, 1.54) is 11.1 Å². The van der Waals surface area contributed by atoms with E-state index in [9.17, 15) is 14.7 Å². The van der Waals surface area contributed by atoms with Crippen molar-refractivity contribution in [3.8, 4) is 11.1 Å². The molecule has 0 heterocycles. The van der Waals surface area contributed by atoms with Gasteiger partial charge in [-0.25, -0.2) is 4.79 Å². The molecule has 0 bridgehead atoms. The number of rotatable bonds is 14. The number of carbonyl (C=O) groups is 2. The molecule has 37 heavy (non-hydrogen) atoms. The van der Waals surface area contributed by atoms with Gasteiger partial charge >= 0.3 is 5.97 Å². The molecule has 0 aromatic heterocycles. The molecule has 0 spiro atoms. The molecule has 0 unspecified atom stereocenters. The van der Waals surface area contributed by atoms with Crippen LogP contribution in [-0.4, -0.2) is 35.0 Å². The highest BCUT2D eigenvalue weighted by Crippen LogP contribution is 2.29. The monoisotopic (exact) mass is 519 g/mol. The number of ether oxygens (including phenoxy) is 1. The number of amides is 1. The van der Waals surface area contributed by atoms with Gasteiger partial charge in [-0.2, -0.15) is 11.8 Å². The molecule has 1 amide bonds. The molecule has 0 saturated heterocycles. The number of benzene rings is 3. The fourth-order valence-corrected chi connectivity index (χ4v) is 4.77. The molecule has 3 rings (SSSR count). The van der Waals surface area contributed by atoms with Gasteiger partial charge in [-0.15, -0.1) is 0 Å². The van der Waals surface area contributed by atoms with Gasteiger partial charge in [0.1, 0.15) is 6.04 Å². The van der Waals surface area contributed by atoms with Crippen LogP contribution >= 0.6 is 11.8 Å². The van der Waals surface area contributed by atoms with E-state index in [1.54, 1.807) is 17.8 Å². The van der Waals surface area contributed by atoms with Crippen LogP contribution in [0.5, 0.6) is 0 Å². The van der Waals surface area contributed by atoms with Gasteiger partial charge in [0.15, 0.2) is 0 Å². The summed E-state index contributed by atoms with van der Waals surface area (Å²) < 4.78 is 6.11. The summed E-state index contributed by atoms with van der Waals surface area (Å²) in [5.41, 5.74) is 6.69. The Morgan fingerprint density at radius 2 is 1.70 bits per heavy atom. The number of hydrogen-bond donors (Lipinski definition) is 2. The normalized spacial score (nSPS) is 11.8. The highest BCUT2D eigenvalue weighted by Gasteiger charge is 2.22. The van der Waals surface area contributed by atoms with E-state index in [0.717, 1.165) is 41.5 Å². The minimum atomic E-state index is -1.02. The van der Waals surface area contributed by atoms with Crippen LogP contribution in [0.1, 0.15) is 58.8 Å². The first-order valence-electron chi connectivity index (χ1n) is 12.8. The zero-order valence-corrected chi connectivity index (χ0v) is 22.8. The second kappa shape index (κ2) is 14.6. The van der Waals surface area contributed by atoms with Crippen molar-refractivity contribution in [1.82, 2.24) is 5.32 Å². The van der Waals surface area contributed by atoms with Crippen molar-refractivity contribution in [2.45, 2.75) is 58.8 Å². The number of unbranched alkanes of at least 4 members (excludes halogenated alkanes) is 1. The summed E-state index contributed by atoms with van der Waals surface area (Å²) in [7, 11) is 0. The lowest BCUT2D eigenvalue weighted by atomic mass is 9.93. The first-order valence-corrected chi connectivity index (χ1v) is 14.2. The summed E-state index contributed by atoms with van der Waals surface area (Å²) in [5, 5.41) is 12.3. The van der Waals surface area contributed by atoms with Crippen molar-refractivity contribution in [3.63, 3.8) is 0 Å². The van der Waals surface area contributed by atoms with Crippen molar-refractivity contribution in [3.05, 3.63) is 94.5 Å². The fourth-order valence-electron chi connectivity index (χ4n) is 4.29. The molecule has 1 atom stereocenters. The number of carboxylic acid groups (broad SMARTS) is 1. The number of hydrogen-bond acceptors (Lipinski definition) is 4. The summed E-state index contributed by atoms with van der Waals surface area (Å²) in [6.45, 7) is 5.14. The first kappa shape index (κ1) is 28.5. The Morgan fingerprint density at radius 3 is 2.41 bits per heavy atom. The average Bonchev–Trinajstić information content (AvgIpc) is 2.90. The standard InChI is InChI=1S/C31H37NO4S/c1-4-5-11-24-12-7-8-13-25(24)21-36-20-23-15-16-27(28(19-23)26-14-9-6-10-22(26)2)30(33)32-29(31(34)35)17-18-37-3/h6-10,12-16,19,29H,4-5,11,17-18,20-21H2,1-3H3,(H,32,33)(H,34,35)/t29-/m0/s1. The Kier molecular flexibility index (Phi) is 11.2.